The van der Waals surface area contributed by atoms with E-state index in [4.69, 9.17) is 0 Å². The molecule has 0 bridgehead atoms. The van der Waals surface area contributed by atoms with Gasteiger partial charge in [-0.05, 0) is 52.1 Å². The fourth-order valence-corrected chi connectivity index (χ4v) is 5.28. The molecule has 0 atom stereocenters. The van der Waals surface area contributed by atoms with Gasteiger partial charge in [-0.1, -0.05) is 78.9 Å². The number of piperazine rings is 1. The molecule has 4 aromatic carbocycles. The van der Waals surface area contributed by atoms with Crippen molar-refractivity contribution >= 4 is 11.4 Å². The van der Waals surface area contributed by atoms with Gasteiger partial charge in [-0.15, -0.1) is 0 Å². The van der Waals surface area contributed by atoms with E-state index in [-0.39, 0.29) is 0 Å². The summed E-state index contributed by atoms with van der Waals surface area (Å²) in [5, 5.41) is 6.61. The van der Waals surface area contributed by atoms with E-state index in [1.54, 1.807) is 0 Å². The Morgan fingerprint density at radius 3 is 1.78 bits per heavy atom. The van der Waals surface area contributed by atoms with Gasteiger partial charge in [-0.25, -0.2) is 0 Å². The van der Waals surface area contributed by atoms with E-state index >= 15 is 0 Å². The molecule has 1 fully saturated rings. The molecule has 0 radical (unpaired) electrons. The molecule has 1 heterocycles. The van der Waals surface area contributed by atoms with E-state index in [1.807, 2.05) is 14.1 Å². The van der Waals surface area contributed by atoms with Crippen molar-refractivity contribution in [2.45, 2.75) is 12.6 Å². The van der Waals surface area contributed by atoms with Crippen LogP contribution in [0.25, 0.3) is 11.1 Å². The summed E-state index contributed by atoms with van der Waals surface area (Å²) in [7, 11) is 3.97. The second-order valence-corrected chi connectivity index (χ2v) is 9.49. The predicted molar refractivity (Wildman–Crippen MR) is 153 cm³/mol. The van der Waals surface area contributed by atoms with Crippen LogP contribution in [0.15, 0.2) is 103 Å². The highest BCUT2D eigenvalue weighted by Crippen LogP contribution is 2.31. The minimum absolute atomic E-state index is 0.298. The van der Waals surface area contributed by atoms with E-state index in [2.05, 4.69) is 124 Å². The molecule has 0 spiro atoms. The van der Waals surface area contributed by atoms with Crippen LogP contribution in [-0.4, -0.2) is 50.1 Å². The number of nitrogens with one attached hydrogen (secondary N) is 2. The molecule has 5 rings (SSSR count). The molecule has 1 aliphatic heterocycles. The lowest BCUT2D eigenvalue weighted by molar-refractivity contribution is 0.105. The third-order valence-corrected chi connectivity index (χ3v) is 7.28. The molecule has 1 saturated heterocycles. The summed E-state index contributed by atoms with van der Waals surface area (Å²) >= 11 is 0. The van der Waals surface area contributed by atoms with Gasteiger partial charge < -0.3 is 10.6 Å². The standard InChI is InChI=1S/C32H36N4/c1-33-30-16-13-25(14-17-30)28-15-18-31(34-2)29(23-28)24-35-19-21-36(22-20-35)32(26-9-5-3-6-10-26)27-11-7-4-8-12-27/h3-18,23,32-34H,19-22,24H2,1-2H3. The molecule has 1 aliphatic rings. The van der Waals surface area contributed by atoms with Gasteiger partial charge in [0.05, 0.1) is 6.04 Å². The van der Waals surface area contributed by atoms with Crippen LogP contribution >= 0.6 is 0 Å². The number of benzene rings is 4. The van der Waals surface area contributed by atoms with Crippen molar-refractivity contribution in [3.63, 3.8) is 0 Å². The van der Waals surface area contributed by atoms with Gasteiger partial charge >= 0.3 is 0 Å². The second-order valence-electron chi connectivity index (χ2n) is 9.49. The Kier molecular flexibility index (Phi) is 7.65. The molecule has 4 heteroatoms. The molecule has 0 saturated carbocycles. The van der Waals surface area contributed by atoms with Crippen molar-refractivity contribution in [1.29, 1.82) is 0 Å². The van der Waals surface area contributed by atoms with Crippen LogP contribution in [0.1, 0.15) is 22.7 Å². The smallest absolute Gasteiger partial charge is 0.0602 e. The van der Waals surface area contributed by atoms with Crippen molar-refractivity contribution in [2.24, 2.45) is 0 Å². The molecule has 184 valence electrons. The van der Waals surface area contributed by atoms with Crippen molar-refractivity contribution in [3.05, 3.63) is 120 Å². The number of anilines is 2. The summed E-state index contributed by atoms with van der Waals surface area (Å²) in [6.45, 7) is 5.16. The van der Waals surface area contributed by atoms with Crippen molar-refractivity contribution in [2.75, 3.05) is 50.9 Å². The lowest BCUT2D eigenvalue weighted by Gasteiger charge is -2.40. The zero-order chi connectivity index (χ0) is 24.7. The first-order chi connectivity index (χ1) is 17.7. The zero-order valence-electron chi connectivity index (χ0n) is 21.3. The van der Waals surface area contributed by atoms with Gasteiger partial charge in [-0.3, -0.25) is 9.80 Å². The molecule has 4 aromatic rings. The molecular weight excluding hydrogens is 440 g/mol. The summed E-state index contributed by atoms with van der Waals surface area (Å²) < 4.78 is 0. The fraction of sp³-hybridized carbons (Fsp3) is 0.250. The molecule has 0 amide bonds. The molecule has 0 unspecified atom stereocenters. The molecule has 2 N–H and O–H groups in total. The Morgan fingerprint density at radius 2 is 1.22 bits per heavy atom. The van der Waals surface area contributed by atoms with Gasteiger partial charge in [0, 0.05) is 58.2 Å². The van der Waals surface area contributed by atoms with Gasteiger partial charge in [-0.2, -0.15) is 0 Å². The Morgan fingerprint density at radius 1 is 0.639 bits per heavy atom. The Balaban J connectivity index is 1.31. The molecule has 4 nitrogen and oxygen atoms in total. The van der Waals surface area contributed by atoms with Gasteiger partial charge in [0.25, 0.3) is 0 Å². The van der Waals surface area contributed by atoms with Crippen LogP contribution in [0.3, 0.4) is 0 Å². The number of rotatable bonds is 8. The van der Waals surface area contributed by atoms with E-state index in [9.17, 15) is 0 Å². The Hall–Kier alpha value is -3.60. The number of hydrogen-bond donors (Lipinski definition) is 2. The zero-order valence-corrected chi connectivity index (χ0v) is 21.3. The predicted octanol–water partition coefficient (Wildman–Crippen LogP) is 6.34. The van der Waals surface area contributed by atoms with E-state index in [1.165, 1.54) is 33.5 Å². The van der Waals surface area contributed by atoms with Crippen LogP contribution in [0, 0.1) is 0 Å². The first-order valence-corrected chi connectivity index (χ1v) is 12.9. The third-order valence-electron chi connectivity index (χ3n) is 7.28. The quantitative estimate of drug-likeness (QED) is 0.310. The lowest BCUT2D eigenvalue weighted by Crippen LogP contribution is -2.47. The minimum atomic E-state index is 0.298. The van der Waals surface area contributed by atoms with Crippen molar-refractivity contribution in [3.8, 4) is 11.1 Å². The van der Waals surface area contributed by atoms with E-state index in [0.29, 0.717) is 6.04 Å². The SMILES string of the molecule is CNc1ccc(-c2ccc(NC)c(CN3CCN(C(c4ccccc4)c4ccccc4)CC3)c2)cc1. The maximum absolute atomic E-state index is 3.41. The van der Waals surface area contributed by atoms with Crippen LogP contribution in [0.2, 0.25) is 0 Å². The molecule has 0 aliphatic carbocycles. The summed E-state index contributed by atoms with van der Waals surface area (Å²) in [6, 6.07) is 37.6. The van der Waals surface area contributed by atoms with Crippen LogP contribution in [0.4, 0.5) is 11.4 Å². The summed E-state index contributed by atoms with van der Waals surface area (Å²) in [5.41, 5.74) is 8.93. The van der Waals surface area contributed by atoms with Crippen LogP contribution in [0.5, 0.6) is 0 Å². The Bertz CT molecular complexity index is 1190. The van der Waals surface area contributed by atoms with E-state index < -0.39 is 0 Å². The third kappa shape index (κ3) is 5.46. The summed E-state index contributed by atoms with van der Waals surface area (Å²) in [4.78, 5) is 5.23. The lowest BCUT2D eigenvalue weighted by atomic mass is 9.96. The maximum atomic E-state index is 3.41. The maximum Gasteiger partial charge on any atom is 0.0602 e. The summed E-state index contributed by atoms with van der Waals surface area (Å²) in [6.07, 6.45) is 0. The van der Waals surface area contributed by atoms with E-state index in [0.717, 1.165) is 38.4 Å². The first kappa shape index (κ1) is 24.1. The van der Waals surface area contributed by atoms with Crippen LogP contribution < -0.4 is 10.6 Å². The Labute approximate surface area is 215 Å². The van der Waals surface area contributed by atoms with Crippen molar-refractivity contribution in [1.82, 2.24) is 9.80 Å². The van der Waals surface area contributed by atoms with Gasteiger partial charge in [0.15, 0.2) is 0 Å². The fourth-order valence-electron chi connectivity index (χ4n) is 5.28. The monoisotopic (exact) mass is 476 g/mol. The molecular formula is C32H36N4. The average Bonchev–Trinajstić information content (AvgIpc) is 2.95. The first-order valence-electron chi connectivity index (χ1n) is 12.9. The summed E-state index contributed by atoms with van der Waals surface area (Å²) in [5.74, 6) is 0. The van der Waals surface area contributed by atoms with Crippen LogP contribution in [-0.2, 0) is 6.54 Å². The van der Waals surface area contributed by atoms with Gasteiger partial charge in [0.1, 0.15) is 0 Å². The number of hydrogen-bond acceptors (Lipinski definition) is 4. The largest absolute Gasteiger partial charge is 0.388 e. The van der Waals surface area contributed by atoms with Crippen molar-refractivity contribution < 1.29 is 0 Å². The minimum Gasteiger partial charge on any atom is -0.388 e. The second kappa shape index (κ2) is 11.4. The average molecular weight is 477 g/mol. The number of nitrogens with zero attached hydrogens (tertiary/aromatic N) is 2. The normalized spacial score (nSPS) is 14.6. The topological polar surface area (TPSA) is 30.5 Å². The molecule has 36 heavy (non-hydrogen) atoms. The van der Waals surface area contributed by atoms with Gasteiger partial charge in [0.2, 0.25) is 0 Å². The highest BCUT2D eigenvalue weighted by Gasteiger charge is 2.26. The molecule has 0 aromatic heterocycles. The highest BCUT2D eigenvalue weighted by atomic mass is 15.3. The highest BCUT2D eigenvalue weighted by molar-refractivity contribution is 5.70.